The van der Waals surface area contributed by atoms with Crippen LogP contribution in [0.5, 0.6) is 0 Å². The molecule has 0 aliphatic carbocycles. The lowest BCUT2D eigenvalue weighted by Gasteiger charge is -2.14. The molecular formula is C15H19NOS. The van der Waals surface area contributed by atoms with Crippen molar-refractivity contribution in [3.63, 3.8) is 0 Å². The molecule has 1 aromatic carbocycles. The predicted octanol–water partition coefficient (Wildman–Crippen LogP) is 3.40. The van der Waals surface area contributed by atoms with E-state index < -0.39 is 0 Å². The molecule has 1 unspecified atom stereocenters. The van der Waals surface area contributed by atoms with Crippen molar-refractivity contribution < 1.29 is 4.74 Å². The molecule has 2 nitrogen and oxygen atoms in total. The molecule has 1 aromatic heterocycles. The molecule has 0 bridgehead atoms. The number of rotatable bonds is 7. The van der Waals surface area contributed by atoms with Crippen molar-refractivity contribution in [1.82, 2.24) is 0 Å². The number of nitrogens with two attached hydrogens (primary N) is 1. The molecule has 1 atom stereocenters. The van der Waals surface area contributed by atoms with Crippen molar-refractivity contribution in [2.45, 2.75) is 18.9 Å². The summed E-state index contributed by atoms with van der Waals surface area (Å²) in [7, 11) is 0. The Bertz CT molecular complexity index is 427. The largest absolute Gasteiger partial charge is 0.371 e. The second-order valence-electron chi connectivity index (χ2n) is 4.20. The molecule has 0 fully saturated rings. The second kappa shape index (κ2) is 7.31. The highest BCUT2D eigenvalue weighted by Gasteiger charge is 2.10. The van der Waals surface area contributed by atoms with Crippen molar-refractivity contribution in [2.75, 3.05) is 13.2 Å². The van der Waals surface area contributed by atoms with Crippen molar-refractivity contribution in [3.8, 4) is 0 Å². The first-order valence-electron chi connectivity index (χ1n) is 6.29. The van der Waals surface area contributed by atoms with E-state index >= 15 is 0 Å². The topological polar surface area (TPSA) is 35.2 Å². The summed E-state index contributed by atoms with van der Waals surface area (Å²) < 4.78 is 5.84. The lowest BCUT2D eigenvalue weighted by Crippen LogP contribution is -2.15. The van der Waals surface area contributed by atoms with E-state index in [4.69, 9.17) is 10.5 Å². The van der Waals surface area contributed by atoms with E-state index in [1.54, 1.807) is 11.3 Å². The SMILES string of the molecule is NCC(OCCCc1ccccc1)c1cccs1. The molecule has 0 radical (unpaired) electrons. The fourth-order valence-electron chi connectivity index (χ4n) is 1.89. The minimum absolute atomic E-state index is 0.0563. The van der Waals surface area contributed by atoms with Gasteiger partial charge in [0.1, 0.15) is 6.10 Å². The molecule has 0 spiro atoms. The van der Waals surface area contributed by atoms with Gasteiger partial charge >= 0.3 is 0 Å². The van der Waals surface area contributed by atoms with Gasteiger partial charge in [0.05, 0.1) is 0 Å². The normalized spacial score (nSPS) is 12.5. The first-order valence-corrected chi connectivity index (χ1v) is 7.17. The van der Waals surface area contributed by atoms with Crippen LogP contribution in [0.2, 0.25) is 0 Å². The number of hydrogen-bond acceptors (Lipinski definition) is 3. The Morgan fingerprint density at radius 2 is 1.94 bits per heavy atom. The summed E-state index contributed by atoms with van der Waals surface area (Å²) >= 11 is 1.71. The van der Waals surface area contributed by atoms with E-state index in [9.17, 15) is 0 Å². The molecule has 3 heteroatoms. The van der Waals surface area contributed by atoms with Gasteiger partial charge in [-0.05, 0) is 29.9 Å². The van der Waals surface area contributed by atoms with Gasteiger partial charge < -0.3 is 10.5 Å². The van der Waals surface area contributed by atoms with Crippen LogP contribution in [0.3, 0.4) is 0 Å². The number of thiophene rings is 1. The Labute approximate surface area is 112 Å². The molecule has 2 N–H and O–H groups in total. The van der Waals surface area contributed by atoms with Crippen LogP contribution in [-0.2, 0) is 11.2 Å². The Hall–Kier alpha value is -1.16. The summed E-state index contributed by atoms with van der Waals surface area (Å²) in [6.07, 6.45) is 2.15. The van der Waals surface area contributed by atoms with Gasteiger partial charge in [-0.3, -0.25) is 0 Å². The van der Waals surface area contributed by atoms with E-state index in [0.29, 0.717) is 6.54 Å². The van der Waals surface area contributed by atoms with Crippen LogP contribution in [0, 0.1) is 0 Å². The fourth-order valence-corrected chi connectivity index (χ4v) is 2.67. The van der Waals surface area contributed by atoms with Gasteiger partial charge in [0.15, 0.2) is 0 Å². The minimum Gasteiger partial charge on any atom is -0.371 e. The molecule has 18 heavy (non-hydrogen) atoms. The zero-order valence-electron chi connectivity index (χ0n) is 10.4. The number of benzene rings is 1. The van der Waals surface area contributed by atoms with Crippen LogP contribution in [-0.4, -0.2) is 13.2 Å². The van der Waals surface area contributed by atoms with Crippen molar-refractivity contribution >= 4 is 11.3 Å². The molecule has 0 saturated heterocycles. The minimum atomic E-state index is 0.0563. The third-order valence-electron chi connectivity index (χ3n) is 2.85. The van der Waals surface area contributed by atoms with Crippen LogP contribution in [0.15, 0.2) is 47.8 Å². The molecule has 2 aromatic rings. The maximum absolute atomic E-state index is 5.84. The predicted molar refractivity (Wildman–Crippen MR) is 76.8 cm³/mol. The van der Waals surface area contributed by atoms with Crippen molar-refractivity contribution in [2.24, 2.45) is 5.73 Å². The van der Waals surface area contributed by atoms with Crippen LogP contribution < -0.4 is 5.73 Å². The summed E-state index contributed by atoms with van der Waals surface area (Å²) in [5, 5.41) is 2.06. The maximum atomic E-state index is 5.84. The second-order valence-corrected chi connectivity index (χ2v) is 5.18. The molecule has 0 aliphatic rings. The van der Waals surface area contributed by atoms with Crippen molar-refractivity contribution in [1.29, 1.82) is 0 Å². The Morgan fingerprint density at radius 3 is 2.61 bits per heavy atom. The van der Waals surface area contributed by atoms with Gasteiger partial charge in [-0.1, -0.05) is 36.4 Å². The molecule has 2 rings (SSSR count). The number of hydrogen-bond donors (Lipinski definition) is 1. The molecular weight excluding hydrogens is 242 g/mol. The summed E-state index contributed by atoms with van der Waals surface area (Å²) in [6, 6.07) is 14.6. The van der Waals surface area contributed by atoms with Crippen LogP contribution in [0.4, 0.5) is 0 Å². The van der Waals surface area contributed by atoms with E-state index in [-0.39, 0.29) is 6.10 Å². The number of aryl methyl sites for hydroxylation is 1. The van der Waals surface area contributed by atoms with Crippen molar-refractivity contribution in [3.05, 3.63) is 58.3 Å². The van der Waals surface area contributed by atoms with E-state index in [1.165, 1.54) is 10.4 Å². The van der Waals surface area contributed by atoms with E-state index in [0.717, 1.165) is 19.4 Å². The van der Waals surface area contributed by atoms with Crippen LogP contribution in [0.25, 0.3) is 0 Å². The Balaban J connectivity index is 1.71. The first-order chi connectivity index (χ1) is 8.90. The Morgan fingerprint density at radius 1 is 1.11 bits per heavy atom. The van der Waals surface area contributed by atoms with Gasteiger partial charge in [-0.15, -0.1) is 11.3 Å². The summed E-state index contributed by atoms with van der Waals surface area (Å²) in [5.41, 5.74) is 7.10. The zero-order chi connectivity index (χ0) is 12.6. The van der Waals surface area contributed by atoms with Gasteiger partial charge in [-0.2, -0.15) is 0 Å². The van der Waals surface area contributed by atoms with Gasteiger partial charge in [-0.25, -0.2) is 0 Å². The molecule has 0 amide bonds. The zero-order valence-corrected chi connectivity index (χ0v) is 11.2. The molecule has 96 valence electrons. The molecule has 0 aliphatic heterocycles. The lowest BCUT2D eigenvalue weighted by molar-refractivity contribution is 0.0595. The highest BCUT2D eigenvalue weighted by Crippen LogP contribution is 2.21. The average molecular weight is 261 g/mol. The average Bonchev–Trinajstić information content (AvgIpc) is 2.94. The molecule has 1 heterocycles. The summed E-state index contributed by atoms with van der Waals surface area (Å²) in [4.78, 5) is 1.22. The van der Waals surface area contributed by atoms with E-state index in [2.05, 4.69) is 35.7 Å². The monoisotopic (exact) mass is 261 g/mol. The van der Waals surface area contributed by atoms with Gasteiger partial charge in [0.25, 0.3) is 0 Å². The van der Waals surface area contributed by atoms with Gasteiger partial charge in [0.2, 0.25) is 0 Å². The van der Waals surface area contributed by atoms with E-state index in [1.807, 2.05) is 12.1 Å². The first kappa shape index (κ1) is 13.3. The van der Waals surface area contributed by atoms with Gasteiger partial charge in [0, 0.05) is 18.0 Å². The number of ether oxygens (including phenoxy) is 1. The Kier molecular flexibility index (Phi) is 5.39. The third kappa shape index (κ3) is 3.95. The quantitative estimate of drug-likeness (QED) is 0.775. The highest BCUT2D eigenvalue weighted by atomic mass is 32.1. The summed E-state index contributed by atoms with van der Waals surface area (Å²) in [6.45, 7) is 1.31. The lowest BCUT2D eigenvalue weighted by atomic mass is 10.1. The molecule has 0 saturated carbocycles. The third-order valence-corrected chi connectivity index (χ3v) is 3.81. The highest BCUT2D eigenvalue weighted by molar-refractivity contribution is 7.10. The fraction of sp³-hybridized carbons (Fsp3) is 0.333. The van der Waals surface area contributed by atoms with Crippen LogP contribution in [0.1, 0.15) is 23.0 Å². The standard InChI is InChI=1S/C15H19NOS/c16-12-14(15-9-5-11-18-15)17-10-4-8-13-6-2-1-3-7-13/h1-3,5-7,9,11,14H,4,8,10,12,16H2. The maximum Gasteiger partial charge on any atom is 0.104 e. The van der Waals surface area contributed by atoms with Crippen LogP contribution >= 0.6 is 11.3 Å². The summed E-state index contributed by atoms with van der Waals surface area (Å²) in [5.74, 6) is 0. The smallest absolute Gasteiger partial charge is 0.104 e.